The summed E-state index contributed by atoms with van der Waals surface area (Å²) >= 11 is 3.63. The van der Waals surface area contributed by atoms with Crippen LogP contribution in [0.25, 0.3) is 0 Å². The highest BCUT2D eigenvalue weighted by Gasteiger charge is 2.12. The van der Waals surface area contributed by atoms with Crippen molar-refractivity contribution >= 4 is 15.9 Å². The Hall–Kier alpha value is -1.32. The van der Waals surface area contributed by atoms with Crippen LogP contribution in [0.2, 0.25) is 0 Å². The fourth-order valence-electron chi connectivity index (χ4n) is 2.37. The predicted octanol–water partition coefficient (Wildman–Crippen LogP) is 4.79. The summed E-state index contributed by atoms with van der Waals surface area (Å²) in [5, 5.41) is 0. The molecule has 0 aromatic heterocycles. The first kappa shape index (κ1) is 16.1. The van der Waals surface area contributed by atoms with Crippen LogP contribution in [0.4, 0.5) is 0 Å². The zero-order chi connectivity index (χ0) is 15.2. The highest BCUT2D eigenvalue weighted by Crippen LogP contribution is 2.34. The highest BCUT2D eigenvalue weighted by molar-refractivity contribution is 9.10. The lowest BCUT2D eigenvalue weighted by atomic mass is 9.96. The molecule has 0 fully saturated rings. The average Bonchev–Trinajstić information content (AvgIpc) is 2.47. The zero-order valence-corrected chi connectivity index (χ0v) is 14.2. The zero-order valence-electron chi connectivity index (χ0n) is 12.6. The van der Waals surface area contributed by atoms with Gasteiger partial charge in [-0.15, -0.1) is 0 Å². The van der Waals surface area contributed by atoms with Crippen LogP contribution in [0.3, 0.4) is 0 Å². The Kier molecular flexibility index (Phi) is 5.83. The lowest BCUT2D eigenvalue weighted by Crippen LogP contribution is -2.05. The minimum atomic E-state index is 0.466. The van der Waals surface area contributed by atoms with Gasteiger partial charge in [0.25, 0.3) is 0 Å². The first-order chi connectivity index (χ1) is 10.1. The molecule has 112 valence electrons. The number of rotatable bonds is 6. The minimum absolute atomic E-state index is 0.466. The Morgan fingerprint density at radius 3 is 2.52 bits per heavy atom. The van der Waals surface area contributed by atoms with Crippen LogP contribution in [0.15, 0.2) is 46.9 Å². The molecule has 2 aromatic carbocycles. The SMILES string of the molecule is Cc1cc(C(C)CCN)cc(Br)c1OCc1ccccc1. The molecule has 0 heterocycles. The van der Waals surface area contributed by atoms with Crippen LogP contribution in [0, 0.1) is 6.92 Å². The number of aryl methyl sites for hydroxylation is 1. The number of halogens is 1. The fourth-order valence-corrected chi connectivity index (χ4v) is 3.06. The number of nitrogens with two attached hydrogens (primary N) is 1. The summed E-state index contributed by atoms with van der Waals surface area (Å²) in [6.07, 6.45) is 0.996. The molecule has 0 aliphatic heterocycles. The maximum absolute atomic E-state index is 5.98. The van der Waals surface area contributed by atoms with Gasteiger partial charge in [0.15, 0.2) is 0 Å². The van der Waals surface area contributed by atoms with E-state index in [0.29, 0.717) is 19.1 Å². The smallest absolute Gasteiger partial charge is 0.136 e. The molecule has 2 nitrogen and oxygen atoms in total. The molecular weight excluding hydrogens is 326 g/mol. The number of benzene rings is 2. The van der Waals surface area contributed by atoms with Gasteiger partial charge in [0.1, 0.15) is 12.4 Å². The standard InChI is InChI=1S/C18H22BrNO/c1-13(8-9-20)16-10-14(2)18(17(19)11-16)21-12-15-6-4-3-5-7-15/h3-7,10-11,13H,8-9,12,20H2,1-2H3. The van der Waals surface area contributed by atoms with Crippen molar-refractivity contribution in [2.45, 2.75) is 32.8 Å². The predicted molar refractivity (Wildman–Crippen MR) is 91.7 cm³/mol. The van der Waals surface area contributed by atoms with Gasteiger partial charge in [-0.05, 0) is 64.5 Å². The van der Waals surface area contributed by atoms with E-state index in [-0.39, 0.29) is 0 Å². The molecule has 1 atom stereocenters. The number of ether oxygens (including phenoxy) is 1. The summed E-state index contributed by atoms with van der Waals surface area (Å²) in [4.78, 5) is 0. The van der Waals surface area contributed by atoms with E-state index in [0.717, 1.165) is 22.2 Å². The Morgan fingerprint density at radius 2 is 1.90 bits per heavy atom. The van der Waals surface area contributed by atoms with Crippen molar-refractivity contribution in [3.8, 4) is 5.75 Å². The average molecular weight is 348 g/mol. The van der Waals surface area contributed by atoms with E-state index in [9.17, 15) is 0 Å². The maximum Gasteiger partial charge on any atom is 0.136 e. The molecule has 2 rings (SSSR count). The van der Waals surface area contributed by atoms with E-state index < -0.39 is 0 Å². The molecular formula is C18H22BrNO. The molecule has 0 radical (unpaired) electrons. The van der Waals surface area contributed by atoms with E-state index in [4.69, 9.17) is 10.5 Å². The second-order valence-electron chi connectivity index (χ2n) is 5.40. The van der Waals surface area contributed by atoms with Crippen LogP contribution >= 0.6 is 15.9 Å². The van der Waals surface area contributed by atoms with E-state index in [1.807, 2.05) is 18.2 Å². The van der Waals surface area contributed by atoms with Gasteiger partial charge in [-0.2, -0.15) is 0 Å². The summed E-state index contributed by atoms with van der Waals surface area (Å²) in [5.41, 5.74) is 9.27. The molecule has 0 aliphatic rings. The molecule has 0 bridgehead atoms. The third-order valence-electron chi connectivity index (χ3n) is 3.65. The molecule has 2 N–H and O–H groups in total. The summed E-state index contributed by atoms with van der Waals surface area (Å²) in [6.45, 7) is 5.59. The van der Waals surface area contributed by atoms with Crippen LogP contribution in [0.1, 0.15) is 36.0 Å². The second kappa shape index (κ2) is 7.62. The summed E-state index contributed by atoms with van der Waals surface area (Å²) in [7, 11) is 0. The van der Waals surface area contributed by atoms with E-state index >= 15 is 0 Å². The fraction of sp³-hybridized carbons (Fsp3) is 0.333. The first-order valence-corrected chi connectivity index (χ1v) is 8.08. The monoisotopic (exact) mass is 347 g/mol. The van der Waals surface area contributed by atoms with Crippen molar-refractivity contribution in [3.63, 3.8) is 0 Å². The van der Waals surface area contributed by atoms with Gasteiger partial charge in [-0.3, -0.25) is 0 Å². The van der Waals surface area contributed by atoms with Crippen LogP contribution in [-0.2, 0) is 6.61 Å². The number of hydrogen-bond donors (Lipinski definition) is 1. The van der Waals surface area contributed by atoms with Crippen LogP contribution in [0.5, 0.6) is 5.75 Å². The Labute approximate surface area is 135 Å². The van der Waals surface area contributed by atoms with Gasteiger partial charge in [0.2, 0.25) is 0 Å². The summed E-state index contributed by atoms with van der Waals surface area (Å²) in [5.74, 6) is 1.38. The van der Waals surface area contributed by atoms with Crippen molar-refractivity contribution in [3.05, 3.63) is 63.6 Å². The van der Waals surface area contributed by atoms with E-state index in [2.05, 4.69) is 54.0 Å². The minimum Gasteiger partial charge on any atom is -0.487 e. The van der Waals surface area contributed by atoms with E-state index in [1.165, 1.54) is 11.1 Å². The normalized spacial score (nSPS) is 12.2. The molecule has 1 unspecified atom stereocenters. The molecule has 0 saturated heterocycles. The van der Waals surface area contributed by atoms with E-state index in [1.54, 1.807) is 0 Å². The van der Waals surface area contributed by atoms with Crippen LogP contribution in [-0.4, -0.2) is 6.54 Å². The van der Waals surface area contributed by atoms with Crippen molar-refractivity contribution in [2.75, 3.05) is 6.54 Å². The van der Waals surface area contributed by atoms with Gasteiger partial charge in [-0.25, -0.2) is 0 Å². The van der Waals surface area contributed by atoms with Gasteiger partial charge in [0, 0.05) is 0 Å². The van der Waals surface area contributed by atoms with Crippen LogP contribution < -0.4 is 10.5 Å². The summed E-state index contributed by atoms with van der Waals surface area (Å²) in [6, 6.07) is 14.6. The van der Waals surface area contributed by atoms with Crippen molar-refractivity contribution < 1.29 is 4.74 Å². The second-order valence-corrected chi connectivity index (χ2v) is 6.26. The third-order valence-corrected chi connectivity index (χ3v) is 4.24. The Morgan fingerprint density at radius 1 is 1.19 bits per heavy atom. The largest absolute Gasteiger partial charge is 0.487 e. The lowest BCUT2D eigenvalue weighted by molar-refractivity contribution is 0.302. The molecule has 0 spiro atoms. The highest BCUT2D eigenvalue weighted by atomic mass is 79.9. The van der Waals surface area contributed by atoms with Gasteiger partial charge < -0.3 is 10.5 Å². The quantitative estimate of drug-likeness (QED) is 0.815. The Bertz CT molecular complexity index is 560. The van der Waals surface area contributed by atoms with Crippen molar-refractivity contribution in [1.29, 1.82) is 0 Å². The topological polar surface area (TPSA) is 35.2 Å². The number of hydrogen-bond acceptors (Lipinski definition) is 2. The molecule has 21 heavy (non-hydrogen) atoms. The molecule has 2 aromatic rings. The molecule has 0 aliphatic carbocycles. The third kappa shape index (κ3) is 4.32. The lowest BCUT2D eigenvalue weighted by Gasteiger charge is -2.16. The molecule has 3 heteroatoms. The first-order valence-electron chi connectivity index (χ1n) is 7.28. The Balaban J connectivity index is 2.13. The summed E-state index contributed by atoms with van der Waals surface area (Å²) < 4.78 is 6.99. The van der Waals surface area contributed by atoms with Crippen molar-refractivity contribution in [1.82, 2.24) is 0 Å². The maximum atomic E-state index is 5.98. The van der Waals surface area contributed by atoms with Crippen molar-refractivity contribution in [2.24, 2.45) is 5.73 Å². The van der Waals surface area contributed by atoms with Gasteiger partial charge >= 0.3 is 0 Å². The van der Waals surface area contributed by atoms with Gasteiger partial charge in [-0.1, -0.05) is 43.3 Å². The molecule has 0 amide bonds. The van der Waals surface area contributed by atoms with Gasteiger partial charge in [0.05, 0.1) is 4.47 Å². The molecule has 0 saturated carbocycles.